The van der Waals surface area contributed by atoms with Crippen LogP contribution in [0.2, 0.25) is 0 Å². The Bertz CT molecular complexity index is 1750. The van der Waals surface area contributed by atoms with E-state index in [0.717, 1.165) is 32.9 Å². The van der Waals surface area contributed by atoms with Gasteiger partial charge in [0.25, 0.3) is 0 Å². The lowest BCUT2D eigenvalue weighted by Crippen LogP contribution is -2.29. The molecule has 0 bridgehead atoms. The lowest BCUT2D eigenvalue weighted by molar-refractivity contribution is 0.742. The van der Waals surface area contributed by atoms with E-state index in [1.165, 1.54) is 22.7 Å². The molecule has 0 radical (unpaired) electrons. The largest absolute Gasteiger partial charge is 0.289 e. The van der Waals surface area contributed by atoms with Crippen molar-refractivity contribution in [2.24, 2.45) is 34.1 Å². The predicted octanol–water partition coefficient (Wildman–Crippen LogP) is 6.40. The number of aromatic nitrogens is 2. The molecule has 0 saturated heterocycles. The van der Waals surface area contributed by atoms with Crippen LogP contribution in [-0.4, -0.2) is 20.2 Å². The molecule has 0 aliphatic rings. The van der Waals surface area contributed by atoms with Gasteiger partial charge in [0.15, 0.2) is 11.7 Å². The molecule has 5 aromatic rings. The quantitative estimate of drug-likeness (QED) is 0.191. The summed E-state index contributed by atoms with van der Waals surface area (Å²) in [5.41, 5.74) is 6.70. The molecule has 194 valence electrons. The first-order chi connectivity index (χ1) is 19.0. The number of aryl methyl sites for hydroxylation is 3. The summed E-state index contributed by atoms with van der Waals surface area (Å²) in [6, 6.07) is 36.3. The number of hydrogen-bond donors (Lipinski definition) is 0. The van der Waals surface area contributed by atoms with E-state index in [2.05, 4.69) is 38.1 Å². The molecule has 1 aromatic heterocycles. The van der Waals surface area contributed by atoms with Gasteiger partial charge in [0, 0.05) is 25.2 Å². The van der Waals surface area contributed by atoms with Gasteiger partial charge in [0.05, 0.1) is 11.4 Å². The van der Waals surface area contributed by atoms with Gasteiger partial charge in [-0.05, 0) is 49.6 Å². The molecule has 0 aliphatic carbocycles. The fraction of sp³-hybridized carbons (Fsp3) is 0.125. The molecule has 1 heterocycles. The number of hydrogen-bond acceptors (Lipinski definition) is 3. The first-order valence-electron chi connectivity index (χ1n) is 12.7. The highest BCUT2D eigenvalue weighted by molar-refractivity contribution is 7.03. The van der Waals surface area contributed by atoms with Crippen molar-refractivity contribution < 1.29 is 0 Å². The zero-order valence-corrected chi connectivity index (χ0v) is 23.3. The molecule has 4 aromatic carbocycles. The Morgan fingerprint density at radius 3 is 1.46 bits per heavy atom. The van der Waals surface area contributed by atoms with Crippen LogP contribution in [0.4, 0.5) is 11.4 Å². The van der Waals surface area contributed by atoms with Crippen molar-refractivity contribution >= 4 is 34.6 Å². The molecule has 0 spiro atoms. The van der Waals surface area contributed by atoms with E-state index in [1.54, 1.807) is 0 Å². The summed E-state index contributed by atoms with van der Waals surface area (Å²) in [5, 5.41) is 0. The third-order valence-corrected chi connectivity index (χ3v) is 7.06. The minimum absolute atomic E-state index is 0.631. The molecule has 6 nitrogen and oxygen atoms in total. The van der Waals surface area contributed by atoms with Gasteiger partial charge in [0.2, 0.25) is 10.4 Å². The SMILES string of the molecule is Cc1ccc(N=C(N=c2sn(C)c(=NC(=Nc3ccc(C)cc3)c3ccccc3)n2C)c2ccccc2)cc1. The van der Waals surface area contributed by atoms with Crippen LogP contribution in [0.1, 0.15) is 22.3 Å². The summed E-state index contributed by atoms with van der Waals surface area (Å²) in [5.74, 6) is 1.27. The van der Waals surface area contributed by atoms with Crippen LogP contribution in [0.25, 0.3) is 0 Å². The summed E-state index contributed by atoms with van der Waals surface area (Å²) in [7, 11) is 3.95. The number of amidine groups is 2. The van der Waals surface area contributed by atoms with E-state index in [-0.39, 0.29) is 0 Å². The number of benzene rings is 4. The minimum Gasteiger partial charge on any atom is -0.289 e. The second-order valence-corrected chi connectivity index (χ2v) is 10.3. The molecule has 0 amide bonds. The molecular weight excluding hydrogens is 500 g/mol. The maximum absolute atomic E-state index is 5.03. The van der Waals surface area contributed by atoms with Crippen molar-refractivity contribution in [3.05, 3.63) is 142 Å². The van der Waals surface area contributed by atoms with E-state index in [1.807, 2.05) is 108 Å². The standard InChI is InChI=1S/C32H30N6S/c1-23-15-19-27(20-16-23)33-29(25-11-7-5-8-12-25)35-31-37(3)32(39-38(31)4)36-30(26-13-9-6-10-14-26)34-28-21-17-24(2)18-22-28/h5-22H,1-4H3. The Hall–Kier alpha value is -4.62. The Balaban J connectivity index is 1.66. The maximum atomic E-state index is 5.03. The third-order valence-electron chi connectivity index (χ3n) is 6.10. The molecule has 7 heteroatoms. The first kappa shape index (κ1) is 26.0. The van der Waals surface area contributed by atoms with Gasteiger partial charge in [-0.15, -0.1) is 0 Å². The lowest BCUT2D eigenvalue weighted by atomic mass is 10.2. The second kappa shape index (κ2) is 11.8. The Kier molecular flexibility index (Phi) is 7.89. The van der Waals surface area contributed by atoms with Crippen LogP contribution in [-0.2, 0) is 14.1 Å². The summed E-state index contributed by atoms with van der Waals surface area (Å²) in [6.45, 7) is 4.14. The molecule has 0 atom stereocenters. The van der Waals surface area contributed by atoms with Crippen LogP contribution >= 0.6 is 11.5 Å². The van der Waals surface area contributed by atoms with Crippen molar-refractivity contribution in [2.75, 3.05) is 0 Å². The summed E-state index contributed by atoms with van der Waals surface area (Å²) >= 11 is 1.51. The molecule has 0 aliphatic heterocycles. The third kappa shape index (κ3) is 6.45. The monoisotopic (exact) mass is 530 g/mol. The van der Waals surface area contributed by atoms with Crippen LogP contribution in [0.5, 0.6) is 0 Å². The van der Waals surface area contributed by atoms with Gasteiger partial charge < -0.3 is 0 Å². The average molecular weight is 531 g/mol. The zero-order chi connectivity index (χ0) is 27.2. The predicted molar refractivity (Wildman–Crippen MR) is 161 cm³/mol. The molecule has 0 saturated carbocycles. The smallest absolute Gasteiger partial charge is 0.222 e. The molecule has 39 heavy (non-hydrogen) atoms. The van der Waals surface area contributed by atoms with Crippen LogP contribution in [0.15, 0.2) is 129 Å². The van der Waals surface area contributed by atoms with Crippen LogP contribution in [0.3, 0.4) is 0 Å². The molecule has 0 N–H and O–H groups in total. The maximum Gasteiger partial charge on any atom is 0.222 e. The highest BCUT2D eigenvalue weighted by Gasteiger charge is 2.09. The normalized spacial score (nSPS) is 13.2. The van der Waals surface area contributed by atoms with E-state index in [9.17, 15) is 0 Å². The fourth-order valence-electron chi connectivity index (χ4n) is 3.91. The van der Waals surface area contributed by atoms with E-state index in [4.69, 9.17) is 20.0 Å². The van der Waals surface area contributed by atoms with Crippen molar-refractivity contribution in [2.45, 2.75) is 13.8 Å². The fourth-order valence-corrected chi connectivity index (χ4v) is 4.73. The van der Waals surface area contributed by atoms with Crippen molar-refractivity contribution in [3.63, 3.8) is 0 Å². The zero-order valence-electron chi connectivity index (χ0n) is 22.5. The Morgan fingerprint density at radius 1 is 0.564 bits per heavy atom. The van der Waals surface area contributed by atoms with Gasteiger partial charge in [0.1, 0.15) is 0 Å². The summed E-state index contributed by atoms with van der Waals surface area (Å²) in [6.07, 6.45) is 0. The lowest BCUT2D eigenvalue weighted by Gasteiger charge is -2.03. The van der Waals surface area contributed by atoms with Crippen molar-refractivity contribution in [1.82, 2.24) is 8.52 Å². The Morgan fingerprint density at radius 2 is 1.00 bits per heavy atom. The van der Waals surface area contributed by atoms with Crippen LogP contribution < -0.4 is 10.4 Å². The van der Waals surface area contributed by atoms with Crippen molar-refractivity contribution in [3.8, 4) is 0 Å². The van der Waals surface area contributed by atoms with Gasteiger partial charge in [-0.25, -0.2) is 9.98 Å². The summed E-state index contributed by atoms with van der Waals surface area (Å²) < 4.78 is 3.98. The van der Waals surface area contributed by atoms with E-state index < -0.39 is 0 Å². The van der Waals surface area contributed by atoms with Gasteiger partial charge in [-0.1, -0.05) is 96.1 Å². The van der Waals surface area contributed by atoms with Gasteiger partial charge in [-0.2, -0.15) is 9.98 Å². The number of nitrogens with zero attached hydrogens (tertiary/aromatic N) is 6. The average Bonchev–Trinajstić information content (AvgIpc) is 3.22. The van der Waals surface area contributed by atoms with Gasteiger partial charge >= 0.3 is 0 Å². The number of aliphatic imine (C=N–C) groups is 2. The highest BCUT2D eigenvalue weighted by Crippen LogP contribution is 2.17. The number of rotatable bonds is 4. The molecule has 5 rings (SSSR count). The van der Waals surface area contributed by atoms with Crippen molar-refractivity contribution in [1.29, 1.82) is 0 Å². The van der Waals surface area contributed by atoms with E-state index in [0.29, 0.717) is 11.7 Å². The van der Waals surface area contributed by atoms with E-state index >= 15 is 0 Å². The molecule has 0 fully saturated rings. The minimum atomic E-state index is 0.631. The van der Waals surface area contributed by atoms with Crippen LogP contribution in [0, 0.1) is 13.8 Å². The molecule has 0 unspecified atom stereocenters. The summed E-state index contributed by atoms with van der Waals surface area (Å²) in [4.78, 5) is 20.6. The Labute approximate surface area is 232 Å². The topological polar surface area (TPSA) is 59.3 Å². The molecular formula is C32H30N6S. The second-order valence-electron chi connectivity index (χ2n) is 9.23. The highest BCUT2D eigenvalue weighted by atomic mass is 32.1. The first-order valence-corrected chi connectivity index (χ1v) is 13.5. The van der Waals surface area contributed by atoms with Gasteiger partial charge in [-0.3, -0.25) is 8.52 Å².